The smallest absolute Gasteiger partial charge is 0.238 e. The minimum Gasteiger partial charge on any atom is -0.383 e. The molecule has 1 aromatic rings. The van der Waals surface area contributed by atoms with Crippen molar-refractivity contribution in [3.05, 3.63) is 35.6 Å². The first-order valence-electron chi connectivity index (χ1n) is 5.49. The van der Waals surface area contributed by atoms with Crippen LogP contribution in [-0.2, 0) is 9.53 Å². The first-order chi connectivity index (χ1) is 8.22. The lowest BCUT2D eigenvalue weighted by Crippen LogP contribution is -2.33. The second-order valence-electron chi connectivity index (χ2n) is 3.91. The molecule has 92 valence electrons. The molecule has 1 unspecified atom stereocenters. The van der Waals surface area contributed by atoms with E-state index in [1.807, 2.05) is 0 Å². The molecule has 0 spiro atoms. The SMILES string of the molecule is COCCN1C(=O)CNC1c1ccc(F)cc1. The lowest BCUT2D eigenvalue weighted by molar-refractivity contribution is -0.128. The van der Waals surface area contributed by atoms with Crippen LogP contribution in [-0.4, -0.2) is 37.6 Å². The number of ether oxygens (including phenoxy) is 1. The van der Waals surface area contributed by atoms with Crippen LogP contribution in [0.3, 0.4) is 0 Å². The second kappa shape index (κ2) is 5.25. The molecule has 0 aromatic heterocycles. The molecule has 1 amide bonds. The lowest BCUT2D eigenvalue weighted by Gasteiger charge is -2.24. The minimum absolute atomic E-state index is 0.0383. The molecule has 0 radical (unpaired) electrons. The number of methoxy groups -OCH3 is 1. The summed E-state index contributed by atoms with van der Waals surface area (Å²) in [5, 5.41) is 3.10. The van der Waals surface area contributed by atoms with Gasteiger partial charge in [0.1, 0.15) is 12.0 Å². The number of hydrogen-bond donors (Lipinski definition) is 1. The standard InChI is InChI=1S/C12H15FN2O2/c1-17-7-6-15-11(16)8-14-12(15)9-2-4-10(13)5-3-9/h2-5,12,14H,6-8H2,1H3. The molecule has 0 bridgehead atoms. The van der Waals surface area contributed by atoms with Gasteiger partial charge in [0.05, 0.1) is 13.2 Å². The van der Waals surface area contributed by atoms with E-state index in [-0.39, 0.29) is 17.9 Å². The second-order valence-corrected chi connectivity index (χ2v) is 3.91. The normalized spacial score (nSPS) is 20.0. The van der Waals surface area contributed by atoms with Gasteiger partial charge in [-0.05, 0) is 17.7 Å². The maximum absolute atomic E-state index is 12.8. The van der Waals surface area contributed by atoms with Gasteiger partial charge in [0.15, 0.2) is 0 Å². The topological polar surface area (TPSA) is 41.6 Å². The summed E-state index contributed by atoms with van der Waals surface area (Å²) in [4.78, 5) is 13.4. The predicted octanol–water partition coefficient (Wildman–Crippen LogP) is 0.902. The van der Waals surface area contributed by atoms with Gasteiger partial charge in [0.2, 0.25) is 5.91 Å². The first kappa shape index (κ1) is 12.0. The summed E-state index contributed by atoms with van der Waals surface area (Å²) >= 11 is 0. The molecule has 1 atom stereocenters. The van der Waals surface area contributed by atoms with Crippen LogP contribution in [0, 0.1) is 5.82 Å². The molecule has 4 nitrogen and oxygen atoms in total. The summed E-state index contributed by atoms with van der Waals surface area (Å²) < 4.78 is 17.8. The van der Waals surface area contributed by atoms with Gasteiger partial charge in [0.25, 0.3) is 0 Å². The third-order valence-electron chi connectivity index (χ3n) is 2.80. The molecule has 1 aliphatic rings. The molecule has 0 saturated carbocycles. The number of carbonyl (C=O) groups excluding carboxylic acids is 1. The molecule has 5 heteroatoms. The largest absolute Gasteiger partial charge is 0.383 e. The highest BCUT2D eigenvalue weighted by Gasteiger charge is 2.30. The van der Waals surface area contributed by atoms with Crippen molar-refractivity contribution in [2.24, 2.45) is 0 Å². The zero-order valence-electron chi connectivity index (χ0n) is 9.65. The fraction of sp³-hybridized carbons (Fsp3) is 0.417. The summed E-state index contributed by atoms with van der Waals surface area (Å²) in [5.74, 6) is -0.238. The number of nitrogens with zero attached hydrogens (tertiary/aromatic N) is 1. The monoisotopic (exact) mass is 238 g/mol. The maximum atomic E-state index is 12.8. The average molecular weight is 238 g/mol. The summed E-state index contributed by atoms with van der Waals surface area (Å²) in [6.07, 6.45) is -0.182. The van der Waals surface area contributed by atoms with Crippen molar-refractivity contribution in [1.82, 2.24) is 10.2 Å². The van der Waals surface area contributed by atoms with Gasteiger partial charge in [-0.2, -0.15) is 0 Å². The number of carbonyl (C=O) groups is 1. The van der Waals surface area contributed by atoms with E-state index < -0.39 is 0 Å². The molecular formula is C12H15FN2O2. The molecule has 1 fully saturated rings. The van der Waals surface area contributed by atoms with E-state index in [1.54, 1.807) is 24.1 Å². The Bertz CT molecular complexity index is 394. The van der Waals surface area contributed by atoms with E-state index >= 15 is 0 Å². The number of rotatable bonds is 4. The Morgan fingerprint density at radius 1 is 1.47 bits per heavy atom. The van der Waals surface area contributed by atoms with Gasteiger partial charge < -0.3 is 9.64 Å². The Balaban J connectivity index is 2.13. The highest BCUT2D eigenvalue weighted by molar-refractivity contribution is 5.80. The van der Waals surface area contributed by atoms with Crippen LogP contribution >= 0.6 is 0 Å². The van der Waals surface area contributed by atoms with Crippen LogP contribution < -0.4 is 5.32 Å². The third-order valence-corrected chi connectivity index (χ3v) is 2.80. The van der Waals surface area contributed by atoms with Gasteiger partial charge in [-0.25, -0.2) is 4.39 Å². The van der Waals surface area contributed by atoms with Crippen molar-refractivity contribution >= 4 is 5.91 Å². The van der Waals surface area contributed by atoms with E-state index in [2.05, 4.69) is 5.32 Å². The fourth-order valence-corrected chi connectivity index (χ4v) is 1.93. The van der Waals surface area contributed by atoms with Crippen molar-refractivity contribution < 1.29 is 13.9 Å². The average Bonchev–Trinajstić information content (AvgIpc) is 2.69. The van der Waals surface area contributed by atoms with Gasteiger partial charge >= 0.3 is 0 Å². The summed E-state index contributed by atoms with van der Waals surface area (Å²) in [7, 11) is 1.60. The number of nitrogens with one attached hydrogen (secondary N) is 1. The molecule has 2 rings (SSSR count). The molecule has 1 aliphatic heterocycles. The van der Waals surface area contributed by atoms with Gasteiger partial charge in [-0.15, -0.1) is 0 Å². The maximum Gasteiger partial charge on any atom is 0.238 e. The number of halogens is 1. The molecule has 1 aromatic carbocycles. The summed E-state index contributed by atoms with van der Waals surface area (Å²) in [5.41, 5.74) is 0.883. The molecule has 0 aliphatic carbocycles. The van der Waals surface area contributed by atoms with Gasteiger partial charge in [-0.3, -0.25) is 10.1 Å². The fourth-order valence-electron chi connectivity index (χ4n) is 1.93. The van der Waals surface area contributed by atoms with E-state index in [9.17, 15) is 9.18 Å². The van der Waals surface area contributed by atoms with E-state index in [0.29, 0.717) is 19.7 Å². The number of amides is 1. The number of benzene rings is 1. The minimum atomic E-state index is -0.276. The zero-order chi connectivity index (χ0) is 12.3. The van der Waals surface area contributed by atoms with Crippen LogP contribution in [0.5, 0.6) is 0 Å². The molecular weight excluding hydrogens is 223 g/mol. The van der Waals surface area contributed by atoms with Crippen LogP contribution in [0.15, 0.2) is 24.3 Å². The molecule has 1 saturated heterocycles. The van der Waals surface area contributed by atoms with E-state index in [1.165, 1.54) is 12.1 Å². The highest BCUT2D eigenvalue weighted by atomic mass is 19.1. The summed E-state index contributed by atoms with van der Waals surface area (Å²) in [6.45, 7) is 1.33. The third kappa shape index (κ3) is 2.62. The molecule has 1 heterocycles. The quantitative estimate of drug-likeness (QED) is 0.847. The predicted molar refractivity (Wildman–Crippen MR) is 60.7 cm³/mol. The van der Waals surface area contributed by atoms with Crippen LogP contribution in [0.25, 0.3) is 0 Å². The zero-order valence-corrected chi connectivity index (χ0v) is 9.65. The van der Waals surface area contributed by atoms with Crippen LogP contribution in [0.1, 0.15) is 11.7 Å². The molecule has 1 N–H and O–H groups in total. The van der Waals surface area contributed by atoms with Gasteiger partial charge in [-0.1, -0.05) is 12.1 Å². The summed E-state index contributed by atoms with van der Waals surface area (Å²) in [6, 6.07) is 6.17. The molecule has 17 heavy (non-hydrogen) atoms. The Morgan fingerprint density at radius 3 is 2.82 bits per heavy atom. The highest BCUT2D eigenvalue weighted by Crippen LogP contribution is 2.22. The van der Waals surface area contributed by atoms with Crippen molar-refractivity contribution in [3.63, 3.8) is 0 Å². The van der Waals surface area contributed by atoms with Gasteiger partial charge in [0, 0.05) is 13.7 Å². The van der Waals surface area contributed by atoms with Crippen molar-refractivity contribution in [3.8, 4) is 0 Å². The Labute approximate surface area is 99.4 Å². The van der Waals surface area contributed by atoms with Crippen molar-refractivity contribution in [1.29, 1.82) is 0 Å². The Kier molecular flexibility index (Phi) is 3.71. The lowest BCUT2D eigenvalue weighted by atomic mass is 10.1. The van der Waals surface area contributed by atoms with Crippen LogP contribution in [0.2, 0.25) is 0 Å². The Hall–Kier alpha value is -1.46. The van der Waals surface area contributed by atoms with Crippen molar-refractivity contribution in [2.75, 3.05) is 26.8 Å². The Morgan fingerprint density at radius 2 is 2.18 bits per heavy atom. The first-order valence-corrected chi connectivity index (χ1v) is 5.49. The van der Waals surface area contributed by atoms with Crippen molar-refractivity contribution in [2.45, 2.75) is 6.17 Å². The van der Waals surface area contributed by atoms with Crippen LogP contribution in [0.4, 0.5) is 4.39 Å². The number of hydrogen-bond acceptors (Lipinski definition) is 3. The van der Waals surface area contributed by atoms with E-state index in [4.69, 9.17) is 4.74 Å². The van der Waals surface area contributed by atoms with E-state index in [0.717, 1.165) is 5.56 Å².